The van der Waals surface area contributed by atoms with E-state index in [1.165, 1.54) is 76.2 Å². The highest BCUT2D eigenvalue weighted by atomic mass is 32.1. The van der Waals surface area contributed by atoms with E-state index in [0.29, 0.717) is 0 Å². The summed E-state index contributed by atoms with van der Waals surface area (Å²) in [6.45, 7) is 0. The molecular formula is C38H26N2S2. The number of para-hydroxylation sites is 1. The number of thiophene rings is 2. The topological polar surface area (TPSA) is 9.86 Å². The normalized spacial score (nSPS) is 13.0. The average Bonchev–Trinajstić information content (AvgIpc) is 3.86. The zero-order chi connectivity index (χ0) is 27.6. The SMILES string of the molecule is C1=Cc2c(c3cc(-c4cccc(-c5ccc6c(c5)c5ccccc5n6-c5cccs5)c4)ccc3n2-c2cccs2)CC1. The third-order valence-electron chi connectivity index (χ3n) is 8.60. The summed E-state index contributed by atoms with van der Waals surface area (Å²) in [7, 11) is 0. The monoisotopic (exact) mass is 574 g/mol. The maximum atomic E-state index is 2.44. The van der Waals surface area contributed by atoms with Crippen molar-refractivity contribution in [2.75, 3.05) is 0 Å². The van der Waals surface area contributed by atoms with Crippen LogP contribution in [0.3, 0.4) is 0 Å². The minimum Gasteiger partial charge on any atom is -0.301 e. The summed E-state index contributed by atoms with van der Waals surface area (Å²) in [5, 5.41) is 10.8. The Balaban J connectivity index is 1.17. The molecule has 0 unspecified atom stereocenters. The smallest absolute Gasteiger partial charge is 0.0999 e. The van der Waals surface area contributed by atoms with Crippen molar-refractivity contribution in [1.82, 2.24) is 9.13 Å². The Labute approximate surface area is 252 Å². The number of allylic oxidation sites excluding steroid dienone is 1. The van der Waals surface area contributed by atoms with Gasteiger partial charge in [-0.3, -0.25) is 0 Å². The van der Waals surface area contributed by atoms with Crippen molar-refractivity contribution in [3.8, 4) is 32.3 Å². The van der Waals surface area contributed by atoms with E-state index < -0.39 is 0 Å². The van der Waals surface area contributed by atoms with Gasteiger partial charge >= 0.3 is 0 Å². The first-order chi connectivity index (χ1) is 20.8. The van der Waals surface area contributed by atoms with Crippen molar-refractivity contribution in [2.24, 2.45) is 0 Å². The molecule has 2 nitrogen and oxygen atoms in total. The van der Waals surface area contributed by atoms with E-state index in [0.717, 1.165) is 12.8 Å². The predicted octanol–water partition coefficient (Wildman–Crippen LogP) is 11.1. The lowest BCUT2D eigenvalue weighted by Crippen LogP contribution is -1.98. The Kier molecular flexibility index (Phi) is 5.40. The second-order valence-corrected chi connectivity index (χ2v) is 12.8. The molecule has 4 aromatic heterocycles. The van der Waals surface area contributed by atoms with Crippen LogP contribution in [0.15, 0.2) is 126 Å². The summed E-state index contributed by atoms with van der Waals surface area (Å²) in [5.74, 6) is 0. The van der Waals surface area contributed by atoms with Crippen LogP contribution in [-0.4, -0.2) is 9.13 Å². The molecule has 200 valence electrons. The van der Waals surface area contributed by atoms with E-state index in [4.69, 9.17) is 0 Å². The summed E-state index contributed by atoms with van der Waals surface area (Å²) in [6, 6.07) is 40.4. The van der Waals surface area contributed by atoms with Gasteiger partial charge in [0.2, 0.25) is 0 Å². The Morgan fingerprint density at radius 3 is 1.88 bits per heavy atom. The molecule has 0 saturated heterocycles. The van der Waals surface area contributed by atoms with Crippen molar-refractivity contribution in [2.45, 2.75) is 12.8 Å². The van der Waals surface area contributed by atoms with Gasteiger partial charge in [0.15, 0.2) is 0 Å². The summed E-state index contributed by atoms with van der Waals surface area (Å²) in [5.41, 5.74) is 11.6. The molecule has 1 aliphatic rings. The van der Waals surface area contributed by atoms with E-state index in [-0.39, 0.29) is 0 Å². The average molecular weight is 575 g/mol. The van der Waals surface area contributed by atoms with Crippen LogP contribution in [0, 0.1) is 0 Å². The highest BCUT2D eigenvalue weighted by Gasteiger charge is 2.20. The van der Waals surface area contributed by atoms with E-state index in [2.05, 4.69) is 141 Å². The molecule has 1 aliphatic carbocycles. The lowest BCUT2D eigenvalue weighted by atomic mass is 9.95. The number of fused-ring (bicyclic) bond motifs is 6. The van der Waals surface area contributed by atoms with Gasteiger partial charge in [-0.05, 0) is 118 Å². The molecule has 8 aromatic rings. The van der Waals surface area contributed by atoms with Gasteiger partial charge < -0.3 is 9.13 Å². The number of aromatic nitrogens is 2. The van der Waals surface area contributed by atoms with Crippen LogP contribution in [0.4, 0.5) is 0 Å². The summed E-state index contributed by atoms with van der Waals surface area (Å²) < 4.78 is 4.83. The molecule has 0 atom stereocenters. The summed E-state index contributed by atoms with van der Waals surface area (Å²) in [6.07, 6.45) is 6.81. The van der Waals surface area contributed by atoms with Crippen molar-refractivity contribution in [3.05, 3.63) is 137 Å². The van der Waals surface area contributed by atoms with Crippen LogP contribution in [0.2, 0.25) is 0 Å². The number of rotatable bonds is 4. The van der Waals surface area contributed by atoms with Gasteiger partial charge in [0.1, 0.15) is 0 Å². The highest BCUT2D eigenvalue weighted by molar-refractivity contribution is 7.12. The standard InChI is InChI=1S/C38H26N2S2/c1-3-12-33-29(10-1)31-23-27(16-18-35(31)39(33)37-14-6-20-41-37)25-8-5-9-26(22-25)28-17-19-36-32(24-28)30-11-2-4-13-34(30)40(36)38-15-7-21-42-38/h1,3-10,12-24H,2,11H2. The second kappa shape index (κ2) is 9.45. The quantitative estimate of drug-likeness (QED) is 0.198. The minimum atomic E-state index is 1.09. The molecule has 0 amide bonds. The molecule has 4 heteroatoms. The molecule has 0 bridgehead atoms. The summed E-state index contributed by atoms with van der Waals surface area (Å²) in [4.78, 5) is 0. The van der Waals surface area contributed by atoms with Crippen LogP contribution in [0.5, 0.6) is 0 Å². The number of nitrogens with zero attached hydrogens (tertiary/aromatic N) is 2. The number of aryl methyl sites for hydroxylation is 1. The molecule has 42 heavy (non-hydrogen) atoms. The zero-order valence-electron chi connectivity index (χ0n) is 22.8. The first-order valence-electron chi connectivity index (χ1n) is 14.4. The first kappa shape index (κ1) is 24.0. The largest absolute Gasteiger partial charge is 0.301 e. The number of benzene rings is 4. The fraction of sp³-hybridized carbons (Fsp3) is 0.0526. The molecule has 4 aromatic carbocycles. The fourth-order valence-electron chi connectivity index (χ4n) is 6.72. The second-order valence-electron chi connectivity index (χ2n) is 10.9. The maximum absolute atomic E-state index is 2.44. The van der Waals surface area contributed by atoms with E-state index in [1.807, 2.05) is 0 Å². The highest BCUT2D eigenvalue weighted by Crippen LogP contribution is 2.39. The van der Waals surface area contributed by atoms with Crippen LogP contribution in [0.25, 0.3) is 71.0 Å². The van der Waals surface area contributed by atoms with Crippen LogP contribution < -0.4 is 0 Å². The number of hydrogen-bond donors (Lipinski definition) is 0. The van der Waals surface area contributed by atoms with Gasteiger partial charge in [-0.25, -0.2) is 0 Å². The van der Waals surface area contributed by atoms with E-state index in [1.54, 1.807) is 22.7 Å². The van der Waals surface area contributed by atoms with Gasteiger partial charge in [-0.15, -0.1) is 22.7 Å². The van der Waals surface area contributed by atoms with E-state index in [9.17, 15) is 0 Å². The van der Waals surface area contributed by atoms with Gasteiger partial charge in [-0.1, -0.05) is 54.6 Å². The predicted molar refractivity (Wildman–Crippen MR) is 182 cm³/mol. The Hall–Kier alpha value is -4.64. The molecule has 9 rings (SSSR count). The molecule has 0 aliphatic heterocycles. The molecule has 0 spiro atoms. The zero-order valence-corrected chi connectivity index (χ0v) is 24.5. The van der Waals surface area contributed by atoms with Crippen molar-refractivity contribution < 1.29 is 0 Å². The molecule has 0 radical (unpaired) electrons. The van der Waals surface area contributed by atoms with Crippen LogP contribution >= 0.6 is 22.7 Å². The molecule has 0 fully saturated rings. The van der Waals surface area contributed by atoms with Crippen LogP contribution in [-0.2, 0) is 6.42 Å². The fourth-order valence-corrected chi connectivity index (χ4v) is 8.23. The summed E-state index contributed by atoms with van der Waals surface area (Å²) >= 11 is 3.58. The third-order valence-corrected chi connectivity index (χ3v) is 10.3. The van der Waals surface area contributed by atoms with Gasteiger partial charge in [0.05, 0.1) is 32.2 Å². The molecule has 0 N–H and O–H groups in total. The maximum Gasteiger partial charge on any atom is 0.0999 e. The minimum absolute atomic E-state index is 1.09. The van der Waals surface area contributed by atoms with Crippen molar-refractivity contribution in [3.63, 3.8) is 0 Å². The molecule has 4 heterocycles. The lowest BCUT2D eigenvalue weighted by Gasteiger charge is -2.09. The lowest BCUT2D eigenvalue weighted by molar-refractivity contribution is 0.972. The number of hydrogen-bond acceptors (Lipinski definition) is 2. The Morgan fingerprint density at radius 1 is 0.500 bits per heavy atom. The molecule has 0 saturated carbocycles. The first-order valence-corrected chi connectivity index (χ1v) is 16.1. The van der Waals surface area contributed by atoms with Gasteiger partial charge in [0.25, 0.3) is 0 Å². The van der Waals surface area contributed by atoms with E-state index >= 15 is 0 Å². The van der Waals surface area contributed by atoms with Gasteiger partial charge in [0, 0.05) is 16.2 Å². The van der Waals surface area contributed by atoms with Crippen molar-refractivity contribution in [1.29, 1.82) is 0 Å². The Morgan fingerprint density at radius 2 is 1.14 bits per heavy atom. The van der Waals surface area contributed by atoms with Crippen molar-refractivity contribution >= 4 is 61.5 Å². The van der Waals surface area contributed by atoms with Crippen LogP contribution in [0.1, 0.15) is 17.7 Å². The van der Waals surface area contributed by atoms with Gasteiger partial charge in [-0.2, -0.15) is 0 Å². The third kappa shape index (κ3) is 3.62. The molecular weight excluding hydrogens is 549 g/mol. The Bertz CT molecular complexity index is 2290.